The number of nitro groups is 1. The molecule has 88 valence electrons. The van der Waals surface area contributed by atoms with Crippen molar-refractivity contribution in [3.05, 3.63) is 33.4 Å². The minimum atomic E-state index is -0.454. The van der Waals surface area contributed by atoms with Crippen molar-refractivity contribution in [2.75, 3.05) is 20.1 Å². The summed E-state index contributed by atoms with van der Waals surface area (Å²) in [6.45, 7) is 1.62. The quantitative estimate of drug-likeness (QED) is 0.324. The van der Waals surface area contributed by atoms with Crippen molar-refractivity contribution < 1.29 is 4.92 Å². The lowest BCUT2D eigenvalue weighted by Crippen LogP contribution is -2.19. The van der Waals surface area contributed by atoms with Gasteiger partial charge in [0.05, 0.1) is 11.1 Å². The van der Waals surface area contributed by atoms with E-state index in [2.05, 4.69) is 5.32 Å². The second-order valence-electron chi connectivity index (χ2n) is 3.28. The molecule has 0 spiro atoms. The molecule has 3 heterocycles. The van der Waals surface area contributed by atoms with E-state index in [0.29, 0.717) is 5.82 Å². The summed E-state index contributed by atoms with van der Waals surface area (Å²) < 4.78 is 1.55. The lowest BCUT2D eigenvalue weighted by Gasteiger charge is -2.21. The van der Waals surface area contributed by atoms with E-state index in [1.165, 1.54) is 5.03 Å². The number of hydrazine groups is 1. The maximum Gasteiger partial charge on any atom is 0.274 e. The summed E-state index contributed by atoms with van der Waals surface area (Å²) in [5, 5.41) is 16.0. The Labute approximate surface area is 102 Å². The molecule has 0 aliphatic carbocycles. The van der Waals surface area contributed by atoms with Gasteiger partial charge in [-0.15, -0.1) is 0 Å². The van der Waals surface area contributed by atoms with Crippen LogP contribution in [0, 0.1) is 10.1 Å². The van der Waals surface area contributed by atoms with Gasteiger partial charge in [0.15, 0.2) is 5.82 Å². The van der Waals surface area contributed by atoms with Crippen LogP contribution >= 0.6 is 23.7 Å². The summed E-state index contributed by atoms with van der Waals surface area (Å²) in [4.78, 5) is 11.3. The van der Waals surface area contributed by atoms with Crippen LogP contribution in [0.25, 0.3) is 0 Å². The van der Waals surface area contributed by atoms with Crippen molar-refractivity contribution in [3.8, 4) is 0 Å². The highest BCUT2D eigenvalue weighted by Gasteiger charge is 2.40. The Bertz CT molecular complexity index is 374. The highest BCUT2D eigenvalue weighted by Crippen LogP contribution is 2.51. The average molecular weight is 264 g/mol. The van der Waals surface area contributed by atoms with Crippen LogP contribution in [0.15, 0.2) is 23.2 Å². The average Bonchev–Trinajstić information content (AvgIpc) is 2.73. The van der Waals surface area contributed by atoms with E-state index >= 15 is 0 Å². The molecule has 0 atom stereocenters. The molecule has 2 fully saturated rings. The molecular formula is C7H10ClN5O2S. The number of hydrogen-bond acceptors (Lipinski definition) is 7. The van der Waals surface area contributed by atoms with Gasteiger partial charge < -0.3 is 10.2 Å². The van der Waals surface area contributed by atoms with Gasteiger partial charge in [0.2, 0.25) is 0 Å². The summed E-state index contributed by atoms with van der Waals surface area (Å²) >= 11 is 6.95. The summed E-state index contributed by atoms with van der Waals surface area (Å²) in [6, 6.07) is 0. The van der Waals surface area contributed by atoms with E-state index in [0.717, 1.165) is 19.3 Å². The van der Waals surface area contributed by atoms with Crippen molar-refractivity contribution in [1.29, 1.82) is 0 Å². The molecule has 0 amide bonds. The second kappa shape index (κ2) is 4.40. The molecule has 9 heteroatoms. The molecule has 3 rings (SSSR count). The molecule has 1 N–H and O–H groups in total. The van der Waals surface area contributed by atoms with Crippen LogP contribution in [0.5, 0.6) is 0 Å². The smallest absolute Gasteiger partial charge is 0.274 e. The SMILES string of the molecule is CN1CCNC1=C[N+](=O)[O-].ClN1SC2=CN21. The van der Waals surface area contributed by atoms with Gasteiger partial charge in [-0.25, -0.2) is 5.01 Å². The van der Waals surface area contributed by atoms with Crippen LogP contribution in [-0.2, 0) is 0 Å². The van der Waals surface area contributed by atoms with E-state index < -0.39 is 4.92 Å². The van der Waals surface area contributed by atoms with E-state index in [-0.39, 0.29) is 0 Å². The lowest BCUT2D eigenvalue weighted by atomic mass is 10.6. The summed E-state index contributed by atoms with van der Waals surface area (Å²) in [5.41, 5.74) is 0. The van der Waals surface area contributed by atoms with Crippen LogP contribution in [0.2, 0.25) is 0 Å². The predicted octanol–water partition coefficient (Wildman–Crippen LogP) is 0.731. The molecule has 0 radical (unpaired) electrons. The van der Waals surface area contributed by atoms with Crippen molar-refractivity contribution >= 4 is 23.7 Å². The summed E-state index contributed by atoms with van der Waals surface area (Å²) in [7, 11) is 1.81. The van der Waals surface area contributed by atoms with Gasteiger partial charge in [-0.1, -0.05) is 3.93 Å². The molecule has 3 aliphatic rings. The third-order valence-electron chi connectivity index (χ3n) is 2.12. The fourth-order valence-corrected chi connectivity index (χ4v) is 2.16. The highest BCUT2D eigenvalue weighted by atomic mass is 35.5. The molecular weight excluding hydrogens is 254 g/mol. The zero-order valence-corrected chi connectivity index (χ0v) is 10.0. The highest BCUT2D eigenvalue weighted by molar-refractivity contribution is 8.03. The first-order chi connectivity index (χ1) is 7.58. The number of likely N-dealkylation sites (N-methyl/N-ethyl adjacent to an activating group) is 1. The predicted molar refractivity (Wildman–Crippen MR) is 60.9 cm³/mol. The Balaban J connectivity index is 0.000000134. The molecule has 0 bridgehead atoms. The summed E-state index contributed by atoms with van der Waals surface area (Å²) in [6.07, 6.45) is 2.95. The Morgan fingerprint density at radius 3 is 2.75 bits per heavy atom. The minimum Gasteiger partial charge on any atom is -0.365 e. The van der Waals surface area contributed by atoms with E-state index in [4.69, 9.17) is 11.8 Å². The Morgan fingerprint density at radius 1 is 1.75 bits per heavy atom. The van der Waals surface area contributed by atoms with Gasteiger partial charge in [0, 0.05) is 43.9 Å². The van der Waals surface area contributed by atoms with Crippen molar-refractivity contribution in [2.24, 2.45) is 0 Å². The first-order valence-electron chi connectivity index (χ1n) is 4.53. The zero-order valence-electron chi connectivity index (χ0n) is 8.46. The van der Waals surface area contributed by atoms with Gasteiger partial charge in [-0.05, 0) is 0 Å². The Hall–Kier alpha value is -1.12. The van der Waals surface area contributed by atoms with Crippen LogP contribution in [0.4, 0.5) is 0 Å². The monoisotopic (exact) mass is 263 g/mol. The molecule has 0 aromatic rings. The van der Waals surface area contributed by atoms with Crippen LogP contribution < -0.4 is 5.32 Å². The van der Waals surface area contributed by atoms with Crippen LogP contribution in [-0.4, -0.2) is 38.9 Å². The van der Waals surface area contributed by atoms with Gasteiger partial charge >= 0.3 is 0 Å². The third-order valence-corrected chi connectivity index (χ3v) is 3.30. The zero-order chi connectivity index (χ0) is 11.7. The van der Waals surface area contributed by atoms with Crippen molar-refractivity contribution in [1.82, 2.24) is 19.2 Å². The summed E-state index contributed by atoms with van der Waals surface area (Å²) in [5.74, 6) is 0.588. The first-order valence-corrected chi connectivity index (χ1v) is 5.64. The number of halogens is 1. The van der Waals surface area contributed by atoms with Gasteiger partial charge in [0.25, 0.3) is 6.20 Å². The Kier molecular flexibility index (Phi) is 3.13. The fourth-order valence-electron chi connectivity index (χ4n) is 1.20. The Morgan fingerprint density at radius 2 is 2.50 bits per heavy atom. The second-order valence-corrected chi connectivity index (χ2v) is 4.74. The van der Waals surface area contributed by atoms with E-state index in [9.17, 15) is 10.1 Å². The molecule has 0 unspecified atom stereocenters. The number of rotatable bonds is 1. The third kappa shape index (κ3) is 2.52. The first kappa shape index (κ1) is 11.4. The topological polar surface area (TPSA) is 64.7 Å². The molecule has 0 aromatic heterocycles. The maximum atomic E-state index is 9.96. The fraction of sp³-hybridized carbons (Fsp3) is 0.429. The van der Waals surface area contributed by atoms with Crippen LogP contribution in [0.3, 0.4) is 0 Å². The van der Waals surface area contributed by atoms with Gasteiger partial charge in [0.1, 0.15) is 5.03 Å². The van der Waals surface area contributed by atoms with Crippen LogP contribution in [0.1, 0.15) is 0 Å². The van der Waals surface area contributed by atoms with E-state index in [1.54, 1.807) is 15.9 Å². The number of nitrogens with one attached hydrogen (secondary N) is 1. The number of hydrogen-bond donors (Lipinski definition) is 1. The minimum absolute atomic E-state index is 0.454. The van der Waals surface area contributed by atoms with Crippen molar-refractivity contribution in [3.63, 3.8) is 0 Å². The molecule has 16 heavy (non-hydrogen) atoms. The normalized spacial score (nSPS) is 23.9. The molecule has 3 aliphatic heterocycles. The van der Waals surface area contributed by atoms with E-state index in [1.807, 2.05) is 23.2 Å². The van der Waals surface area contributed by atoms with Crippen molar-refractivity contribution in [2.45, 2.75) is 0 Å². The standard InChI is InChI=1S/C5H9N3O2.C2HClN2S/c1-7-3-2-6-5(7)4-8(9)10;3-5-4-1-2(4)6-5/h4,6H,2-3H2,1H3;1H. The lowest BCUT2D eigenvalue weighted by molar-refractivity contribution is -0.404. The largest absolute Gasteiger partial charge is 0.365 e. The number of fused-ring (bicyclic) bond motifs is 1. The molecule has 0 aromatic carbocycles. The molecule has 7 nitrogen and oxygen atoms in total. The number of nitrogens with zero attached hydrogens (tertiary/aromatic N) is 4. The van der Waals surface area contributed by atoms with Gasteiger partial charge in [-0.3, -0.25) is 10.1 Å². The molecule has 2 saturated heterocycles. The molecule has 0 saturated carbocycles. The van der Waals surface area contributed by atoms with Gasteiger partial charge in [-0.2, -0.15) is 0 Å². The maximum absolute atomic E-state index is 9.96.